The number of rotatable bonds is 6. The summed E-state index contributed by atoms with van der Waals surface area (Å²) in [7, 11) is -3.62. The van der Waals surface area contributed by atoms with Gasteiger partial charge in [-0.1, -0.05) is 36.4 Å². The molecule has 0 bridgehead atoms. The number of carbonyl (C=O) groups excluding carboxylic acids is 1. The van der Waals surface area contributed by atoms with Crippen molar-refractivity contribution in [1.29, 1.82) is 0 Å². The molecule has 6 heteroatoms. The predicted octanol–water partition coefficient (Wildman–Crippen LogP) is 3.08. The lowest BCUT2D eigenvalue weighted by molar-refractivity contribution is -0.122. The standard InChI is InChI=1S/C20H26N2O3S/c1-14-10-11-16(3)19(12-14)22(26(5,24)25)17(4)20(23)21-13-18-9-7-6-8-15(18)2/h6-12,17H,13H2,1-5H3,(H,21,23)/t17-/m0/s1. The molecular formula is C20H26N2O3S. The van der Waals surface area contributed by atoms with Crippen LogP contribution in [-0.2, 0) is 21.4 Å². The summed E-state index contributed by atoms with van der Waals surface area (Å²) in [6.07, 6.45) is 1.12. The Kier molecular flexibility index (Phi) is 6.08. The van der Waals surface area contributed by atoms with Crippen molar-refractivity contribution in [2.45, 2.75) is 40.3 Å². The van der Waals surface area contributed by atoms with Gasteiger partial charge in [0, 0.05) is 6.54 Å². The van der Waals surface area contributed by atoms with E-state index in [1.165, 1.54) is 4.31 Å². The smallest absolute Gasteiger partial charge is 0.243 e. The maximum atomic E-state index is 12.7. The second kappa shape index (κ2) is 7.91. The van der Waals surface area contributed by atoms with E-state index in [0.29, 0.717) is 12.2 Å². The first-order valence-corrected chi connectivity index (χ1v) is 10.3. The molecule has 0 aliphatic carbocycles. The van der Waals surface area contributed by atoms with E-state index in [0.717, 1.165) is 28.5 Å². The highest BCUT2D eigenvalue weighted by Crippen LogP contribution is 2.26. The molecule has 1 N–H and O–H groups in total. The first kappa shape index (κ1) is 20.0. The topological polar surface area (TPSA) is 66.5 Å². The van der Waals surface area contributed by atoms with Gasteiger partial charge in [0.25, 0.3) is 0 Å². The lowest BCUT2D eigenvalue weighted by Crippen LogP contribution is -2.48. The number of aryl methyl sites for hydroxylation is 3. The second-order valence-electron chi connectivity index (χ2n) is 6.67. The average molecular weight is 375 g/mol. The number of anilines is 1. The van der Waals surface area contributed by atoms with E-state index >= 15 is 0 Å². The number of carbonyl (C=O) groups is 1. The molecular weight excluding hydrogens is 348 g/mol. The van der Waals surface area contributed by atoms with Crippen LogP contribution >= 0.6 is 0 Å². The predicted molar refractivity (Wildman–Crippen MR) is 106 cm³/mol. The molecule has 5 nitrogen and oxygen atoms in total. The number of amides is 1. The summed E-state index contributed by atoms with van der Waals surface area (Å²) in [4.78, 5) is 12.7. The molecule has 0 aliphatic heterocycles. The summed E-state index contributed by atoms with van der Waals surface area (Å²) in [6.45, 7) is 7.68. The van der Waals surface area contributed by atoms with E-state index in [1.807, 2.05) is 57.2 Å². The van der Waals surface area contributed by atoms with Crippen LogP contribution in [0.25, 0.3) is 0 Å². The number of sulfonamides is 1. The molecule has 0 saturated heterocycles. The molecule has 0 fully saturated rings. The molecule has 26 heavy (non-hydrogen) atoms. The summed E-state index contributed by atoms with van der Waals surface area (Å²) in [5.74, 6) is -0.334. The Morgan fingerprint density at radius 3 is 2.35 bits per heavy atom. The Morgan fingerprint density at radius 1 is 1.08 bits per heavy atom. The van der Waals surface area contributed by atoms with Crippen molar-refractivity contribution in [3.8, 4) is 0 Å². The van der Waals surface area contributed by atoms with E-state index < -0.39 is 16.1 Å². The van der Waals surface area contributed by atoms with Crippen LogP contribution in [0.4, 0.5) is 5.69 Å². The Balaban J connectivity index is 2.27. The van der Waals surface area contributed by atoms with Crippen molar-refractivity contribution in [3.05, 3.63) is 64.7 Å². The third kappa shape index (κ3) is 4.64. The normalized spacial score (nSPS) is 12.5. The molecule has 2 rings (SSSR count). The Bertz CT molecular complexity index is 907. The maximum absolute atomic E-state index is 12.7. The highest BCUT2D eigenvalue weighted by molar-refractivity contribution is 7.92. The zero-order valence-electron chi connectivity index (χ0n) is 15.9. The fourth-order valence-corrected chi connectivity index (χ4v) is 4.10. The van der Waals surface area contributed by atoms with Gasteiger partial charge in [0.05, 0.1) is 11.9 Å². The lowest BCUT2D eigenvalue weighted by atomic mass is 10.1. The van der Waals surface area contributed by atoms with E-state index in [4.69, 9.17) is 0 Å². The molecule has 0 saturated carbocycles. The van der Waals surface area contributed by atoms with Crippen molar-refractivity contribution in [2.24, 2.45) is 0 Å². The minimum absolute atomic E-state index is 0.334. The highest BCUT2D eigenvalue weighted by Gasteiger charge is 2.30. The minimum Gasteiger partial charge on any atom is -0.350 e. The fourth-order valence-electron chi connectivity index (χ4n) is 2.88. The molecule has 0 unspecified atom stereocenters. The number of nitrogens with one attached hydrogen (secondary N) is 1. The minimum atomic E-state index is -3.62. The summed E-state index contributed by atoms with van der Waals surface area (Å²) >= 11 is 0. The summed E-state index contributed by atoms with van der Waals surface area (Å²) in [5.41, 5.74) is 4.36. The van der Waals surface area contributed by atoms with Crippen LogP contribution in [0.5, 0.6) is 0 Å². The molecule has 1 amide bonds. The summed E-state index contributed by atoms with van der Waals surface area (Å²) in [5, 5.41) is 2.85. The quantitative estimate of drug-likeness (QED) is 0.845. The SMILES string of the molecule is Cc1ccc(C)c(N([C@@H](C)C(=O)NCc2ccccc2C)S(C)(=O)=O)c1. The number of hydrogen-bond acceptors (Lipinski definition) is 3. The molecule has 1 atom stereocenters. The largest absolute Gasteiger partial charge is 0.350 e. The number of nitrogens with zero attached hydrogens (tertiary/aromatic N) is 1. The molecule has 0 aliphatic rings. The highest BCUT2D eigenvalue weighted by atomic mass is 32.2. The monoisotopic (exact) mass is 374 g/mol. The Hall–Kier alpha value is -2.34. The van der Waals surface area contributed by atoms with Crippen LogP contribution in [-0.4, -0.2) is 26.6 Å². The second-order valence-corrected chi connectivity index (χ2v) is 8.53. The van der Waals surface area contributed by atoms with Gasteiger partial charge in [-0.25, -0.2) is 8.42 Å². The molecule has 140 valence electrons. The van der Waals surface area contributed by atoms with Gasteiger partial charge in [-0.2, -0.15) is 0 Å². The van der Waals surface area contributed by atoms with Crippen LogP contribution in [0.15, 0.2) is 42.5 Å². The van der Waals surface area contributed by atoms with Crippen LogP contribution < -0.4 is 9.62 Å². The molecule has 2 aromatic carbocycles. The van der Waals surface area contributed by atoms with Gasteiger partial charge < -0.3 is 5.32 Å². The Labute approximate surface area is 156 Å². The van der Waals surface area contributed by atoms with Gasteiger partial charge in [0.15, 0.2) is 0 Å². The third-order valence-corrected chi connectivity index (χ3v) is 5.63. The van der Waals surface area contributed by atoms with E-state index in [1.54, 1.807) is 13.0 Å². The van der Waals surface area contributed by atoms with E-state index in [2.05, 4.69) is 5.32 Å². The van der Waals surface area contributed by atoms with Crippen molar-refractivity contribution >= 4 is 21.6 Å². The van der Waals surface area contributed by atoms with Gasteiger partial charge in [0.1, 0.15) is 6.04 Å². The maximum Gasteiger partial charge on any atom is 0.243 e. The average Bonchev–Trinajstić information content (AvgIpc) is 2.56. The van der Waals surface area contributed by atoms with E-state index in [9.17, 15) is 13.2 Å². The lowest BCUT2D eigenvalue weighted by Gasteiger charge is -2.29. The summed E-state index contributed by atoms with van der Waals surface area (Å²) in [6, 6.07) is 12.5. The zero-order valence-corrected chi connectivity index (χ0v) is 16.7. The van der Waals surface area contributed by atoms with Crippen molar-refractivity contribution < 1.29 is 13.2 Å². The molecule has 0 radical (unpaired) electrons. The molecule has 2 aromatic rings. The van der Waals surface area contributed by atoms with Crippen LogP contribution in [0.2, 0.25) is 0 Å². The third-order valence-electron chi connectivity index (χ3n) is 4.40. The van der Waals surface area contributed by atoms with Gasteiger partial charge in [0.2, 0.25) is 15.9 Å². The van der Waals surface area contributed by atoms with Crippen LogP contribution in [0.1, 0.15) is 29.2 Å². The van der Waals surface area contributed by atoms with Crippen LogP contribution in [0.3, 0.4) is 0 Å². The van der Waals surface area contributed by atoms with Gasteiger partial charge in [-0.15, -0.1) is 0 Å². The first-order chi connectivity index (χ1) is 12.1. The van der Waals surface area contributed by atoms with E-state index in [-0.39, 0.29) is 5.91 Å². The number of benzene rings is 2. The number of hydrogen-bond donors (Lipinski definition) is 1. The summed E-state index contributed by atoms with van der Waals surface area (Å²) < 4.78 is 26.0. The molecule has 0 heterocycles. The van der Waals surface area contributed by atoms with Gasteiger partial charge in [-0.05, 0) is 56.0 Å². The fraction of sp³-hybridized carbons (Fsp3) is 0.350. The molecule has 0 aromatic heterocycles. The first-order valence-electron chi connectivity index (χ1n) is 8.50. The molecule has 0 spiro atoms. The van der Waals surface area contributed by atoms with Gasteiger partial charge in [-0.3, -0.25) is 9.10 Å². The van der Waals surface area contributed by atoms with Crippen molar-refractivity contribution in [2.75, 3.05) is 10.6 Å². The Morgan fingerprint density at radius 2 is 1.73 bits per heavy atom. The van der Waals surface area contributed by atoms with Gasteiger partial charge >= 0.3 is 0 Å². The van der Waals surface area contributed by atoms with Crippen LogP contribution in [0, 0.1) is 20.8 Å². The zero-order chi connectivity index (χ0) is 19.5. The van der Waals surface area contributed by atoms with Crippen molar-refractivity contribution in [1.82, 2.24) is 5.32 Å². The van der Waals surface area contributed by atoms with Crippen molar-refractivity contribution in [3.63, 3.8) is 0 Å².